The van der Waals surface area contributed by atoms with Crippen LogP contribution < -0.4 is 10.0 Å². The molecule has 0 aliphatic rings. The van der Waals surface area contributed by atoms with Crippen LogP contribution in [0.4, 0.5) is 0 Å². The Labute approximate surface area is 121 Å². The minimum Gasteiger partial charge on any atom is -0.380 e. The van der Waals surface area contributed by atoms with E-state index in [0.29, 0.717) is 6.04 Å². The molecule has 0 amide bonds. The summed E-state index contributed by atoms with van der Waals surface area (Å²) in [5.74, 6) is 0. The molecule has 2 N–H and O–H groups in total. The van der Waals surface area contributed by atoms with Crippen LogP contribution in [0.1, 0.15) is 26.3 Å². The van der Waals surface area contributed by atoms with Crippen LogP contribution >= 0.6 is 0 Å². The predicted octanol–water partition coefficient (Wildman–Crippen LogP) is 1.50. The molecule has 6 heteroatoms. The molecular weight excluding hydrogens is 276 g/mol. The molecule has 0 saturated carbocycles. The molecule has 5 nitrogen and oxygen atoms in total. The van der Waals surface area contributed by atoms with Gasteiger partial charge in [0.25, 0.3) is 0 Å². The van der Waals surface area contributed by atoms with E-state index in [0.717, 1.165) is 12.1 Å². The Kier molecular flexibility index (Phi) is 6.61. The van der Waals surface area contributed by atoms with Gasteiger partial charge in [-0.25, -0.2) is 13.1 Å². The Balaban J connectivity index is 2.67. The molecule has 0 aromatic heterocycles. The van der Waals surface area contributed by atoms with Crippen LogP contribution in [-0.4, -0.2) is 34.2 Å². The van der Waals surface area contributed by atoms with Gasteiger partial charge in [0.05, 0.1) is 11.0 Å². The number of hydrogen-bond acceptors (Lipinski definition) is 4. The third-order valence-corrected chi connectivity index (χ3v) is 4.35. The second-order valence-electron chi connectivity index (χ2n) is 5.08. The molecule has 1 aromatic rings. The fourth-order valence-electron chi connectivity index (χ4n) is 1.50. The minimum absolute atomic E-state index is 0.153. The minimum atomic E-state index is -3.46. The SMILES string of the molecule is COC(C)CNS(=O)(=O)c1ccc(CNC(C)C)cc1. The van der Waals surface area contributed by atoms with Crippen LogP contribution in [0.5, 0.6) is 0 Å². The van der Waals surface area contributed by atoms with Gasteiger partial charge in [0.1, 0.15) is 0 Å². The van der Waals surface area contributed by atoms with Crippen LogP contribution in [0, 0.1) is 0 Å². The van der Waals surface area contributed by atoms with Gasteiger partial charge in [-0.1, -0.05) is 26.0 Å². The molecule has 114 valence electrons. The van der Waals surface area contributed by atoms with Crippen LogP contribution in [0.3, 0.4) is 0 Å². The first-order valence-electron chi connectivity index (χ1n) is 6.70. The highest BCUT2D eigenvalue weighted by Crippen LogP contribution is 2.10. The zero-order chi connectivity index (χ0) is 15.2. The fraction of sp³-hybridized carbons (Fsp3) is 0.571. The van der Waals surface area contributed by atoms with Gasteiger partial charge in [0, 0.05) is 26.2 Å². The summed E-state index contributed by atoms with van der Waals surface area (Å²) >= 11 is 0. The smallest absolute Gasteiger partial charge is 0.240 e. The highest BCUT2D eigenvalue weighted by Gasteiger charge is 2.14. The molecule has 0 aliphatic carbocycles. The maximum Gasteiger partial charge on any atom is 0.240 e. The highest BCUT2D eigenvalue weighted by molar-refractivity contribution is 7.89. The molecule has 1 aromatic carbocycles. The van der Waals surface area contributed by atoms with Crippen molar-refractivity contribution < 1.29 is 13.2 Å². The average molecular weight is 300 g/mol. The Morgan fingerprint density at radius 2 is 1.75 bits per heavy atom. The molecule has 0 saturated heterocycles. The molecule has 1 unspecified atom stereocenters. The molecule has 20 heavy (non-hydrogen) atoms. The van der Waals surface area contributed by atoms with Gasteiger partial charge in [-0.3, -0.25) is 0 Å². The monoisotopic (exact) mass is 300 g/mol. The maximum atomic E-state index is 12.0. The molecule has 0 heterocycles. The molecule has 1 rings (SSSR count). The Bertz CT molecular complexity index is 498. The second-order valence-corrected chi connectivity index (χ2v) is 6.84. The zero-order valence-corrected chi connectivity index (χ0v) is 13.3. The number of nitrogens with one attached hydrogen (secondary N) is 2. The normalized spacial score (nSPS) is 13.7. The van der Waals surface area contributed by atoms with E-state index in [2.05, 4.69) is 23.9 Å². The largest absolute Gasteiger partial charge is 0.380 e. The summed E-state index contributed by atoms with van der Waals surface area (Å²) in [5.41, 5.74) is 1.06. The summed E-state index contributed by atoms with van der Waals surface area (Å²) in [6, 6.07) is 7.29. The molecule has 0 bridgehead atoms. The highest BCUT2D eigenvalue weighted by atomic mass is 32.2. The van der Waals surface area contributed by atoms with Crippen LogP contribution in [0.15, 0.2) is 29.2 Å². The van der Waals surface area contributed by atoms with Gasteiger partial charge in [0.15, 0.2) is 0 Å². The van der Waals surface area contributed by atoms with E-state index in [-0.39, 0.29) is 17.5 Å². The summed E-state index contributed by atoms with van der Waals surface area (Å²) in [5, 5.41) is 3.29. The number of benzene rings is 1. The Hall–Kier alpha value is -0.950. The van der Waals surface area contributed by atoms with Gasteiger partial charge < -0.3 is 10.1 Å². The van der Waals surface area contributed by atoms with Crippen molar-refractivity contribution in [3.05, 3.63) is 29.8 Å². The van der Waals surface area contributed by atoms with Crippen molar-refractivity contribution in [3.8, 4) is 0 Å². The lowest BCUT2D eigenvalue weighted by atomic mass is 10.2. The average Bonchev–Trinajstić information content (AvgIpc) is 2.43. The molecule has 0 radical (unpaired) electrons. The molecule has 1 atom stereocenters. The molecule has 0 aliphatic heterocycles. The van der Waals surface area contributed by atoms with E-state index >= 15 is 0 Å². The zero-order valence-electron chi connectivity index (χ0n) is 12.5. The van der Waals surface area contributed by atoms with Crippen LogP contribution in [0.2, 0.25) is 0 Å². The molecule has 0 fully saturated rings. The first-order valence-corrected chi connectivity index (χ1v) is 8.18. The van der Waals surface area contributed by atoms with Crippen molar-refractivity contribution in [1.82, 2.24) is 10.0 Å². The number of hydrogen-bond donors (Lipinski definition) is 2. The summed E-state index contributed by atoms with van der Waals surface area (Å²) < 4.78 is 31.6. The standard InChI is InChI=1S/C14H24N2O3S/c1-11(2)15-10-13-5-7-14(8-6-13)20(17,18)16-9-12(3)19-4/h5-8,11-12,15-16H,9-10H2,1-4H3. The van der Waals surface area contributed by atoms with Gasteiger partial charge in [-0.05, 0) is 24.6 Å². The lowest BCUT2D eigenvalue weighted by Crippen LogP contribution is -2.31. The first-order chi connectivity index (χ1) is 9.35. The lowest BCUT2D eigenvalue weighted by Gasteiger charge is -2.12. The predicted molar refractivity (Wildman–Crippen MR) is 80.1 cm³/mol. The van der Waals surface area contributed by atoms with Gasteiger partial charge in [-0.2, -0.15) is 0 Å². The van der Waals surface area contributed by atoms with Gasteiger partial charge in [0.2, 0.25) is 10.0 Å². The van der Waals surface area contributed by atoms with Crippen molar-refractivity contribution in [2.75, 3.05) is 13.7 Å². The Morgan fingerprint density at radius 3 is 2.25 bits per heavy atom. The van der Waals surface area contributed by atoms with E-state index in [9.17, 15) is 8.42 Å². The molecule has 0 spiro atoms. The third kappa shape index (κ3) is 5.58. The van der Waals surface area contributed by atoms with Crippen molar-refractivity contribution in [1.29, 1.82) is 0 Å². The summed E-state index contributed by atoms with van der Waals surface area (Å²) in [4.78, 5) is 0.272. The number of rotatable bonds is 8. The fourth-order valence-corrected chi connectivity index (χ4v) is 2.62. The van der Waals surface area contributed by atoms with E-state index in [4.69, 9.17) is 4.74 Å². The summed E-state index contributed by atoms with van der Waals surface area (Å²) in [6.45, 7) is 6.93. The summed E-state index contributed by atoms with van der Waals surface area (Å²) in [7, 11) is -1.91. The summed E-state index contributed by atoms with van der Waals surface area (Å²) in [6.07, 6.45) is -0.153. The number of methoxy groups -OCH3 is 1. The Morgan fingerprint density at radius 1 is 1.15 bits per heavy atom. The van der Waals surface area contributed by atoms with Crippen molar-refractivity contribution >= 4 is 10.0 Å². The van der Waals surface area contributed by atoms with E-state index in [1.54, 1.807) is 19.2 Å². The third-order valence-electron chi connectivity index (χ3n) is 2.91. The van der Waals surface area contributed by atoms with Gasteiger partial charge >= 0.3 is 0 Å². The van der Waals surface area contributed by atoms with Crippen molar-refractivity contribution in [2.24, 2.45) is 0 Å². The van der Waals surface area contributed by atoms with E-state index < -0.39 is 10.0 Å². The topological polar surface area (TPSA) is 67.4 Å². The number of ether oxygens (including phenoxy) is 1. The quantitative estimate of drug-likeness (QED) is 0.763. The van der Waals surface area contributed by atoms with E-state index in [1.165, 1.54) is 0 Å². The van der Waals surface area contributed by atoms with Crippen molar-refractivity contribution in [2.45, 2.75) is 44.4 Å². The maximum absolute atomic E-state index is 12.0. The van der Waals surface area contributed by atoms with Crippen LogP contribution in [-0.2, 0) is 21.3 Å². The van der Waals surface area contributed by atoms with E-state index in [1.807, 2.05) is 19.1 Å². The molecular formula is C14H24N2O3S. The van der Waals surface area contributed by atoms with Crippen LogP contribution in [0.25, 0.3) is 0 Å². The lowest BCUT2D eigenvalue weighted by molar-refractivity contribution is 0.122. The first kappa shape index (κ1) is 17.1. The van der Waals surface area contributed by atoms with Gasteiger partial charge in [-0.15, -0.1) is 0 Å². The number of sulfonamides is 1. The second kappa shape index (κ2) is 7.73. The van der Waals surface area contributed by atoms with Crippen molar-refractivity contribution in [3.63, 3.8) is 0 Å².